The lowest BCUT2D eigenvalue weighted by atomic mass is 9.85. The number of rotatable bonds is 4. The van der Waals surface area contributed by atoms with Crippen LogP contribution in [0, 0.1) is 5.41 Å². The van der Waals surface area contributed by atoms with Gasteiger partial charge in [0.1, 0.15) is 0 Å². The third kappa shape index (κ3) is 4.70. The van der Waals surface area contributed by atoms with E-state index in [1.165, 1.54) is 12.2 Å². The lowest BCUT2D eigenvalue weighted by molar-refractivity contribution is 0.276. The van der Waals surface area contributed by atoms with Crippen LogP contribution in [-0.4, -0.2) is 25.1 Å². The van der Waals surface area contributed by atoms with Gasteiger partial charge in [0.15, 0.2) is 0 Å². The maximum atomic E-state index is 3.36. The maximum Gasteiger partial charge on any atom is 0.0120 e. The van der Waals surface area contributed by atoms with E-state index in [-0.39, 0.29) is 0 Å². The molecule has 0 heterocycles. The average Bonchev–Trinajstić information content (AvgIpc) is 1.87. The van der Waals surface area contributed by atoms with Crippen molar-refractivity contribution in [3.8, 4) is 0 Å². The Hall–Kier alpha value is 0.310. The molecule has 0 aromatic heterocycles. The van der Waals surface area contributed by atoms with Crippen molar-refractivity contribution in [2.75, 3.05) is 19.1 Å². The van der Waals surface area contributed by atoms with Gasteiger partial charge in [-0.2, -0.15) is 11.8 Å². The standard InChI is InChI=1S/C9H21NS/c1-9(2,3)8(10-4)6-7-11-5/h8,10H,6-7H2,1-5H3. The summed E-state index contributed by atoms with van der Waals surface area (Å²) in [5, 5.41) is 3.36. The van der Waals surface area contributed by atoms with Crippen LogP contribution in [0.2, 0.25) is 0 Å². The third-order valence-corrected chi connectivity index (χ3v) is 2.65. The van der Waals surface area contributed by atoms with Crippen LogP contribution in [0.25, 0.3) is 0 Å². The van der Waals surface area contributed by atoms with Gasteiger partial charge in [0.05, 0.1) is 0 Å². The number of hydrogen-bond donors (Lipinski definition) is 1. The van der Waals surface area contributed by atoms with Gasteiger partial charge in [-0.05, 0) is 30.9 Å². The van der Waals surface area contributed by atoms with Crippen LogP contribution in [0.5, 0.6) is 0 Å². The zero-order valence-electron chi connectivity index (χ0n) is 8.40. The van der Waals surface area contributed by atoms with Crippen molar-refractivity contribution in [3.63, 3.8) is 0 Å². The molecule has 1 unspecified atom stereocenters. The van der Waals surface area contributed by atoms with Crippen molar-refractivity contribution in [2.24, 2.45) is 5.41 Å². The SMILES string of the molecule is CNC(CCSC)C(C)(C)C. The van der Waals surface area contributed by atoms with Gasteiger partial charge >= 0.3 is 0 Å². The highest BCUT2D eigenvalue weighted by Gasteiger charge is 2.21. The molecule has 0 bridgehead atoms. The Balaban J connectivity index is 3.76. The molecule has 0 amide bonds. The Morgan fingerprint density at radius 2 is 1.91 bits per heavy atom. The van der Waals surface area contributed by atoms with E-state index in [2.05, 4.69) is 39.4 Å². The van der Waals surface area contributed by atoms with Crippen LogP contribution in [0.15, 0.2) is 0 Å². The van der Waals surface area contributed by atoms with E-state index >= 15 is 0 Å². The quantitative estimate of drug-likeness (QED) is 0.704. The normalized spacial score (nSPS) is 15.0. The molecule has 0 fully saturated rings. The summed E-state index contributed by atoms with van der Waals surface area (Å²) in [6, 6.07) is 0.648. The highest BCUT2D eigenvalue weighted by Crippen LogP contribution is 2.22. The second-order valence-electron chi connectivity index (χ2n) is 3.99. The predicted molar refractivity (Wildman–Crippen MR) is 55.3 cm³/mol. The molecule has 0 rings (SSSR count). The van der Waals surface area contributed by atoms with Crippen LogP contribution in [0.4, 0.5) is 0 Å². The average molecular weight is 175 g/mol. The Morgan fingerprint density at radius 3 is 2.18 bits per heavy atom. The van der Waals surface area contributed by atoms with Gasteiger partial charge in [0, 0.05) is 6.04 Å². The summed E-state index contributed by atoms with van der Waals surface area (Å²) >= 11 is 1.92. The summed E-state index contributed by atoms with van der Waals surface area (Å²) < 4.78 is 0. The molecule has 0 saturated heterocycles. The molecular weight excluding hydrogens is 154 g/mol. The summed E-state index contributed by atoms with van der Waals surface area (Å²) in [7, 11) is 2.05. The molecule has 0 spiro atoms. The minimum absolute atomic E-state index is 0.393. The smallest absolute Gasteiger partial charge is 0.0120 e. The van der Waals surface area contributed by atoms with Crippen LogP contribution in [0.3, 0.4) is 0 Å². The van der Waals surface area contributed by atoms with Gasteiger partial charge in [-0.15, -0.1) is 0 Å². The highest BCUT2D eigenvalue weighted by molar-refractivity contribution is 7.98. The van der Waals surface area contributed by atoms with Gasteiger partial charge in [-0.25, -0.2) is 0 Å². The van der Waals surface area contributed by atoms with Crippen molar-refractivity contribution >= 4 is 11.8 Å². The van der Waals surface area contributed by atoms with Crippen molar-refractivity contribution in [3.05, 3.63) is 0 Å². The minimum atomic E-state index is 0.393. The van der Waals surface area contributed by atoms with Crippen molar-refractivity contribution in [1.29, 1.82) is 0 Å². The Labute approximate surface area is 75.3 Å². The first kappa shape index (κ1) is 11.3. The van der Waals surface area contributed by atoms with Crippen molar-refractivity contribution in [2.45, 2.75) is 33.2 Å². The van der Waals surface area contributed by atoms with Gasteiger partial charge in [0.25, 0.3) is 0 Å². The van der Waals surface area contributed by atoms with Crippen LogP contribution < -0.4 is 5.32 Å². The van der Waals surface area contributed by atoms with Crippen molar-refractivity contribution < 1.29 is 0 Å². The van der Waals surface area contributed by atoms with Gasteiger partial charge < -0.3 is 5.32 Å². The second-order valence-corrected chi connectivity index (χ2v) is 4.97. The lowest BCUT2D eigenvalue weighted by Crippen LogP contribution is -2.38. The molecular formula is C9H21NS. The fraction of sp³-hybridized carbons (Fsp3) is 1.00. The molecule has 0 saturated carbocycles. The molecule has 1 nitrogen and oxygen atoms in total. The van der Waals surface area contributed by atoms with E-state index < -0.39 is 0 Å². The highest BCUT2D eigenvalue weighted by atomic mass is 32.2. The zero-order chi connectivity index (χ0) is 8.91. The molecule has 0 aliphatic rings. The molecule has 11 heavy (non-hydrogen) atoms. The van der Waals surface area contributed by atoms with E-state index in [1.807, 2.05) is 11.8 Å². The van der Waals surface area contributed by atoms with E-state index in [0.717, 1.165) is 0 Å². The molecule has 1 atom stereocenters. The second kappa shape index (κ2) is 5.04. The van der Waals surface area contributed by atoms with Gasteiger partial charge in [0.2, 0.25) is 0 Å². The molecule has 0 aromatic rings. The molecule has 0 aliphatic carbocycles. The fourth-order valence-corrected chi connectivity index (χ4v) is 1.72. The Morgan fingerprint density at radius 1 is 1.36 bits per heavy atom. The Bertz CT molecular complexity index is 96.2. The molecule has 0 aliphatic heterocycles. The summed E-state index contributed by atoms with van der Waals surface area (Å²) in [6.45, 7) is 6.86. The number of thioether (sulfide) groups is 1. The van der Waals surface area contributed by atoms with Crippen LogP contribution in [-0.2, 0) is 0 Å². The number of nitrogens with one attached hydrogen (secondary N) is 1. The molecule has 0 aromatic carbocycles. The van der Waals surface area contributed by atoms with E-state index in [9.17, 15) is 0 Å². The first-order valence-corrected chi connectivity index (χ1v) is 5.58. The van der Waals surface area contributed by atoms with E-state index in [0.29, 0.717) is 11.5 Å². The summed E-state index contributed by atoms with van der Waals surface area (Å²) in [4.78, 5) is 0. The summed E-state index contributed by atoms with van der Waals surface area (Å²) in [6.07, 6.45) is 3.43. The van der Waals surface area contributed by atoms with Gasteiger partial charge in [-0.3, -0.25) is 0 Å². The third-order valence-electron chi connectivity index (χ3n) is 2.00. The van der Waals surface area contributed by atoms with Crippen LogP contribution in [0.1, 0.15) is 27.2 Å². The zero-order valence-corrected chi connectivity index (χ0v) is 9.22. The fourth-order valence-electron chi connectivity index (χ4n) is 1.25. The first-order chi connectivity index (χ1) is 5.02. The van der Waals surface area contributed by atoms with E-state index in [4.69, 9.17) is 0 Å². The lowest BCUT2D eigenvalue weighted by Gasteiger charge is -2.30. The van der Waals surface area contributed by atoms with Crippen molar-refractivity contribution in [1.82, 2.24) is 5.32 Å². The minimum Gasteiger partial charge on any atom is -0.316 e. The topological polar surface area (TPSA) is 12.0 Å². The van der Waals surface area contributed by atoms with E-state index in [1.54, 1.807) is 0 Å². The Kier molecular flexibility index (Phi) is 5.19. The largest absolute Gasteiger partial charge is 0.316 e. The maximum absolute atomic E-state index is 3.36. The van der Waals surface area contributed by atoms with Gasteiger partial charge in [-0.1, -0.05) is 20.8 Å². The predicted octanol–water partition coefficient (Wildman–Crippen LogP) is 2.37. The molecule has 1 N–H and O–H groups in total. The monoisotopic (exact) mass is 175 g/mol. The summed E-state index contributed by atoms with van der Waals surface area (Å²) in [5.74, 6) is 1.25. The molecule has 68 valence electrons. The molecule has 2 heteroatoms. The number of hydrogen-bond acceptors (Lipinski definition) is 2. The summed E-state index contributed by atoms with van der Waals surface area (Å²) in [5.41, 5.74) is 0.393. The molecule has 0 radical (unpaired) electrons. The first-order valence-electron chi connectivity index (χ1n) is 4.18. The van der Waals surface area contributed by atoms with Crippen LogP contribution >= 0.6 is 11.8 Å².